The molecule has 0 aromatic carbocycles. The fourth-order valence-corrected chi connectivity index (χ4v) is 4.66. The molecule has 3 atom stereocenters. The number of likely N-dealkylation sites (tertiary alicyclic amines) is 1. The summed E-state index contributed by atoms with van der Waals surface area (Å²) in [6.45, 7) is 12.8. The number of thiazole rings is 1. The molecule has 11 heteroatoms. The van der Waals surface area contributed by atoms with Gasteiger partial charge in [-0.25, -0.2) is 14.6 Å². The standard InChI is InChI=1S/C26H36N4O6S/c1-15-28-19(14-37-15)16-9-17(12-27-11-16)35-18-10-20(23(32)34-8)30(13-18)22(31)21(25(2,3)4)29-24(33)36-26(5,6)7/h9,11-12,14,18,20-21H,10,13H2,1-8H3,(H,29,33)/t18-,20+,21-/m1/s1. The maximum absolute atomic E-state index is 13.7. The summed E-state index contributed by atoms with van der Waals surface area (Å²) >= 11 is 1.54. The Balaban J connectivity index is 1.80. The van der Waals surface area contributed by atoms with Gasteiger partial charge in [0.15, 0.2) is 0 Å². The Hall–Kier alpha value is -3.21. The lowest BCUT2D eigenvalue weighted by atomic mass is 9.85. The van der Waals surface area contributed by atoms with Gasteiger partial charge in [-0.1, -0.05) is 20.8 Å². The van der Waals surface area contributed by atoms with Gasteiger partial charge in [0.25, 0.3) is 0 Å². The van der Waals surface area contributed by atoms with Gasteiger partial charge in [-0.2, -0.15) is 0 Å². The van der Waals surface area contributed by atoms with Crippen LogP contribution in [0.2, 0.25) is 0 Å². The van der Waals surface area contributed by atoms with Crippen LogP contribution in [0.5, 0.6) is 5.75 Å². The van der Waals surface area contributed by atoms with Crippen LogP contribution in [0.1, 0.15) is 53.0 Å². The number of nitrogens with zero attached hydrogens (tertiary/aromatic N) is 3. The van der Waals surface area contributed by atoms with Gasteiger partial charge < -0.3 is 24.4 Å². The number of carbonyl (C=O) groups is 3. The van der Waals surface area contributed by atoms with Crippen molar-refractivity contribution in [2.24, 2.45) is 5.41 Å². The van der Waals surface area contributed by atoms with Crippen molar-refractivity contribution in [3.05, 3.63) is 28.8 Å². The monoisotopic (exact) mass is 532 g/mol. The summed E-state index contributed by atoms with van der Waals surface area (Å²) in [5, 5.41) is 5.59. The highest BCUT2D eigenvalue weighted by atomic mass is 32.1. The van der Waals surface area contributed by atoms with Crippen LogP contribution in [0.15, 0.2) is 23.8 Å². The minimum atomic E-state index is -0.939. The maximum atomic E-state index is 13.7. The minimum absolute atomic E-state index is 0.140. The highest BCUT2D eigenvalue weighted by Crippen LogP contribution is 2.30. The number of esters is 1. The van der Waals surface area contributed by atoms with Crippen molar-refractivity contribution in [3.63, 3.8) is 0 Å². The molecular formula is C26H36N4O6S. The molecule has 1 fully saturated rings. The molecule has 0 bridgehead atoms. The fourth-order valence-electron chi connectivity index (χ4n) is 4.04. The van der Waals surface area contributed by atoms with Crippen molar-refractivity contribution in [3.8, 4) is 17.0 Å². The average Bonchev–Trinajstić information content (AvgIpc) is 3.41. The van der Waals surface area contributed by atoms with Crippen LogP contribution in [0.25, 0.3) is 11.3 Å². The number of hydrogen-bond donors (Lipinski definition) is 1. The van der Waals surface area contributed by atoms with Crippen LogP contribution in [-0.4, -0.2) is 70.3 Å². The molecule has 0 aliphatic carbocycles. The number of carbonyl (C=O) groups excluding carboxylic acids is 3. The van der Waals surface area contributed by atoms with E-state index in [1.54, 1.807) is 44.5 Å². The van der Waals surface area contributed by atoms with E-state index in [9.17, 15) is 14.4 Å². The number of rotatable bonds is 6. The highest BCUT2D eigenvalue weighted by Gasteiger charge is 2.46. The third-order valence-corrected chi connectivity index (χ3v) is 6.50. The molecule has 2 amide bonds. The van der Waals surface area contributed by atoms with Gasteiger partial charge in [-0.05, 0) is 39.2 Å². The number of alkyl carbamates (subject to hydrolysis) is 1. The zero-order valence-electron chi connectivity index (χ0n) is 22.7. The van der Waals surface area contributed by atoms with E-state index in [4.69, 9.17) is 14.2 Å². The number of aromatic nitrogens is 2. The summed E-state index contributed by atoms with van der Waals surface area (Å²) in [5.74, 6) is -0.454. The van der Waals surface area contributed by atoms with Crippen LogP contribution >= 0.6 is 11.3 Å². The predicted octanol–water partition coefficient (Wildman–Crippen LogP) is 3.97. The topological polar surface area (TPSA) is 120 Å². The summed E-state index contributed by atoms with van der Waals surface area (Å²) < 4.78 is 16.5. The summed E-state index contributed by atoms with van der Waals surface area (Å²) in [6, 6.07) is 0.0393. The molecule has 10 nitrogen and oxygen atoms in total. The van der Waals surface area contributed by atoms with Crippen LogP contribution in [0, 0.1) is 12.3 Å². The zero-order valence-corrected chi connectivity index (χ0v) is 23.5. The Kier molecular flexibility index (Phi) is 8.46. The van der Waals surface area contributed by atoms with Crippen LogP contribution in [0.4, 0.5) is 4.79 Å². The first kappa shape index (κ1) is 28.4. The van der Waals surface area contributed by atoms with Gasteiger partial charge >= 0.3 is 12.1 Å². The Labute approximate surface area is 221 Å². The van der Waals surface area contributed by atoms with Gasteiger partial charge in [0.05, 0.1) is 30.6 Å². The molecule has 2 aromatic heterocycles. The number of amides is 2. The number of ether oxygens (including phenoxy) is 3. The van der Waals surface area contributed by atoms with Gasteiger partial charge in [0, 0.05) is 23.6 Å². The fraction of sp³-hybridized carbons (Fsp3) is 0.577. The normalized spacial score (nSPS) is 18.8. The summed E-state index contributed by atoms with van der Waals surface area (Å²) in [5.41, 5.74) is 0.234. The van der Waals surface area contributed by atoms with Crippen molar-refractivity contribution in [1.82, 2.24) is 20.2 Å². The Morgan fingerprint density at radius 1 is 1.16 bits per heavy atom. The number of aryl methyl sites for hydroxylation is 1. The average molecular weight is 533 g/mol. The smallest absolute Gasteiger partial charge is 0.408 e. The number of methoxy groups -OCH3 is 1. The van der Waals surface area contributed by atoms with Gasteiger partial charge in [-0.15, -0.1) is 11.3 Å². The van der Waals surface area contributed by atoms with E-state index in [2.05, 4.69) is 15.3 Å². The minimum Gasteiger partial charge on any atom is -0.487 e. The molecule has 3 heterocycles. The first-order valence-corrected chi connectivity index (χ1v) is 13.0. The van der Waals surface area contributed by atoms with E-state index in [0.717, 1.165) is 16.3 Å². The lowest BCUT2D eigenvalue weighted by Gasteiger charge is -2.35. The van der Waals surface area contributed by atoms with Crippen LogP contribution in [0.3, 0.4) is 0 Å². The van der Waals surface area contributed by atoms with Crippen molar-refractivity contribution >= 4 is 29.3 Å². The molecule has 1 saturated heterocycles. The molecule has 37 heavy (non-hydrogen) atoms. The van der Waals surface area contributed by atoms with Gasteiger partial charge in [0.1, 0.15) is 29.5 Å². The largest absolute Gasteiger partial charge is 0.487 e. The Bertz CT molecular complexity index is 1140. The van der Waals surface area contributed by atoms with E-state index in [0.29, 0.717) is 5.75 Å². The molecule has 1 N–H and O–H groups in total. The predicted molar refractivity (Wildman–Crippen MR) is 139 cm³/mol. The zero-order chi connectivity index (χ0) is 27.5. The van der Waals surface area contributed by atoms with Gasteiger partial charge in [0.2, 0.25) is 5.91 Å². The maximum Gasteiger partial charge on any atom is 0.408 e. The molecule has 202 valence electrons. The summed E-state index contributed by atoms with van der Waals surface area (Å²) in [6.07, 6.45) is 2.34. The first-order valence-electron chi connectivity index (χ1n) is 12.1. The lowest BCUT2D eigenvalue weighted by Crippen LogP contribution is -2.57. The van der Waals surface area contributed by atoms with Crippen molar-refractivity contribution < 1.29 is 28.6 Å². The number of nitrogens with one attached hydrogen (secondary N) is 1. The number of hydrogen-bond acceptors (Lipinski definition) is 9. The van der Waals surface area contributed by atoms with E-state index in [1.807, 2.05) is 39.1 Å². The quantitative estimate of drug-likeness (QED) is 0.555. The molecule has 1 aliphatic heterocycles. The molecule has 0 saturated carbocycles. The van der Waals surface area contributed by atoms with E-state index in [-0.39, 0.29) is 13.0 Å². The second-order valence-electron chi connectivity index (χ2n) is 11.1. The Morgan fingerprint density at radius 3 is 2.43 bits per heavy atom. The molecule has 3 rings (SSSR count). The van der Waals surface area contributed by atoms with Crippen LogP contribution < -0.4 is 10.1 Å². The molecular weight excluding hydrogens is 496 g/mol. The first-order chi connectivity index (χ1) is 17.2. The molecule has 2 aromatic rings. The lowest BCUT2D eigenvalue weighted by molar-refractivity contribution is -0.152. The SMILES string of the molecule is COC(=O)[C@@H]1C[C@@H](Oc2cncc(-c3csc(C)n3)c2)CN1C(=O)[C@@H](NC(=O)OC(C)(C)C)C(C)(C)C. The van der Waals surface area contributed by atoms with Crippen LogP contribution in [-0.2, 0) is 19.1 Å². The molecule has 0 radical (unpaired) electrons. The summed E-state index contributed by atoms with van der Waals surface area (Å²) in [4.78, 5) is 49.1. The second kappa shape index (κ2) is 11.0. The van der Waals surface area contributed by atoms with Gasteiger partial charge in [-0.3, -0.25) is 9.78 Å². The number of pyridine rings is 1. The Morgan fingerprint density at radius 2 is 1.86 bits per heavy atom. The van der Waals surface area contributed by atoms with E-state index >= 15 is 0 Å². The summed E-state index contributed by atoms with van der Waals surface area (Å²) in [7, 11) is 1.28. The van der Waals surface area contributed by atoms with Crippen molar-refractivity contribution in [2.75, 3.05) is 13.7 Å². The van der Waals surface area contributed by atoms with E-state index in [1.165, 1.54) is 12.0 Å². The van der Waals surface area contributed by atoms with E-state index < -0.39 is 47.2 Å². The highest BCUT2D eigenvalue weighted by molar-refractivity contribution is 7.09. The third-order valence-electron chi connectivity index (χ3n) is 5.72. The third kappa shape index (κ3) is 7.41. The van der Waals surface area contributed by atoms with Crippen molar-refractivity contribution in [2.45, 2.75) is 78.7 Å². The molecule has 0 unspecified atom stereocenters. The molecule has 1 aliphatic rings. The van der Waals surface area contributed by atoms with Crippen molar-refractivity contribution in [1.29, 1.82) is 0 Å². The molecule has 0 spiro atoms. The second-order valence-corrected chi connectivity index (χ2v) is 12.2.